The Morgan fingerprint density at radius 1 is 1.06 bits per heavy atom. The molecule has 0 saturated carbocycles. The normalized spacial score (nSPS) is 13.3. The van der Waals surface area contributed by atoms with Gasteiger partial charge >= 0.3 is 0 Å². The number of rotatable bonds is 6. The molecule has 0 radical (unpaired) electrons. The maximum atomic E-state index is 6.24. The first-order valence-corrected chi connectivity index (χ1v) is 7.33. The number of halogens is 2. The minimum absolute atomic E-state index is 0.507. The lowest BCUT2D eigenvalue weighted by Crippen LogP contribution is -2.32. The molecule has 0 amide bonds. The molecule has 0 spiro atoms. The molecule has 0 heterocycles. The van der Waals surface area contributed by atoms with Crippen LogP contribution in [0.5, 0.6) is 0 Å². The van der Waals surface area contributed by atoms with Gasteiger partial charge in [-0.1, -0.05) is 57.0 Å². The Kier molecular flexibility index (Phi) is 6.48. The minimum atomic E-state index is 0.507. The van der Waals surface area contributed by atoms with Gasteiger partial charge < -0.3 is 5.32 Å². The monoisotopic (exact) mass is 287 g/mol. The van der Waals surface area contributed by atoms with E-state index in [0.717, 1.165) is 28.6 Å². The van der Waals surface area contributed by atoms with Gasteiger partial charge in [-0.2, -0.15) is 0 Å². The molecular formula is C15H23Cl2N. The topological polar surface area (TPSA) is 12.0 Å². The SMILES string of the molecule is CC(C)NCC(Cc1c(Cl)cccc1Cl)C(C)C. The third kappa shape index (κ3) is 4.79. The van der Waals surface area contributed by atoms with Gasteiger partial charge in [-0.25, -0.2) is 0 Å². The van der Waals surface area contributed by atoms with Gasteiger partial charge in [0.1, 0.15) is 0 Å². The molecule has 0 aromatic heterocycles. The Morgan fingerprint density at radius 3 is 2.06 bits per heavy atom. The number of nitrogens with one attached hydrogen (secondary N) is 1. The van der Waals surface area contributed by atoms with Crippen LogP contribution in [0.3, 0.4) is 0 Å². The van der Waals surface area contributed by atoms with Crippen LogP contribution in [-0.2, 0) is 6.42 Å². The maximum Gasteiger partial charge on any atom is 0.0452 e. The molecule has 1 atom stereocenters. The Hall–Kier alpha value is -0.240. The van der Waals surface area contributed by atoms with E-state index in [1.807, 2.05) is 18.2 Å². The molecule has 0 saturated heterocycles. The molecule has 102 valence electrons. The molecule has 1 aromatic rings. The summed E-state index contributed by atoms with van der Waals surface area (Å²) in [6, 6.07) is 6.23. The van der Waals surface area contributed by atoms with Gasteiger partial charge in [0.15, 0.2) is 0 Å². The zero-order chi connectivity index (χ0) is 13.7. The van der Waals surface area contributed by atoms with E-state index < -0.39 is 0 Å². The summed E-state index contributed by atoms with van der Waals surface area (Å²) in [5, 5.41) is 5.05. The summed E-state index contributed by atoms with van der Waals surface area (Å²) in [5.41, 5.74) is 1.07. The lowest BCUT2D eigenvalue weighted by atomic mass is 9.89. The second kappa shape index (κ2) is 7.37. The molecule has 1 nitrogen and oxygen atoms in total. The van der Waals surface area contributed by atoms with Crippen molar-refractivity contribution in [1.82, 2.24) is 5.32 Å². The van der Waals surface area contributed by atoms with E-state index in [2.05, 4.69) is 33.0 Å². The number of hydrogen-bond acceptors (Lipinski definition) is 1. The van der Waals surface area contributed by atoms with Crippen LogP contribution in [0.15, 0.2) is 18.2 Å². The van der Waals surface area contributed by atoms with Crippen molar-refractivity contribution in [2.24, 2.45) is 11.8 Å². The quantitative estimate of drug-likeness (QED) is 0.792. The third-order valence-corrected chi connectivity index (χ3v) is 3.97. The van der Waals surface area contributed by atoms with Crippen LogP contribution < -0.4 is 5.32 Å². The second-order valence-corrected chi connectivity index (χ2v) is 6.29. The van der Waals surface area contributed by atoms with E-state index in [1.54, 1.807) is 0 Å². The van der Waals surface area contributed by atoms with Crippen molar-refractivity contribution >= 4 is 23.2 Å². The Morgan fingerprint density at radius 2 is 1.61 bits per heavy atom. The molecular weight excluding hydrogens is 265 g/mol. The van der Waals surface area contributed by atoms with Crippen molar-refractivity contribution in [1.29, 1.82) is 0 Å². The molecule has 18 heavy (non-hydrogen) atoms. The summed E-state index contributed by atoms with van der Waals surface area (Å²) in [6.07, 6.45) is 0.926. The number of benzene rings is 1. The lowest BCUT2D eigenvalue weighted by Gasteiger charge is -2.23. The Labute approximate surface area is 121 Å². The Bertz CT molecular complexity index is 355. The summed E-state index contributed by atoms with van der Waals surface area (Å²) in [7, 11) is 0. The molecule has 0 aliphatic carbocycles. The van der Waals surface area contributed by atoms with Crippen molar-refractivity contribution in [3.8, 4) is 0 Å². The van der Waals surface area contributed by atoms with Gasteiger partial charge in [0.2, 0.25) is 0 Å². The number of hydrogen-bond donors (Lipinski definition) is 1. The fourth-order valence-corrected chi connectivity index (χ4v) is 2.47. The average molecular weight is 288 g/mol. The first kappa shape index (κ1) is 15.8. The molecule has 1 aromatic carbocycles. The van der Waals surface area contributed by atoms with Gasteiger partial charge in [-0.15, -0.1) is 0 Å². The largest absolute Gasteiger partial charge is 0.314 e. The van der Waals surface area contributed by atoms with Crippen LogP contribution in [0, 0.1) is 11.8 Å². The zero-order valence-electron chi connectivity index (χ0n) is 11.6. The van der Waals surface area contributed by atoms with Crippen LogP contribution in [0.1, 0.15) is 33.3 Å². The van der Waals surface area contributed by atoms with Crippen molar-refractivity contribution in [3.05, 3.63) is 33.8 Å². The highest BCUT2D eigenvalue weighted by molar-refractivity contribution is 6.35. The van der Waals surface area contributed by atoms with E-state index >= 15 is 0 Å². The minimum Gasteiger partial charge on any atom is -0.314 e. The Balaban J connectivity index is 2.77. The van der Waals surface area contributed by atoms with E-state index in [9.17, 15) is 0 Å². The highest BCUT2D eigenvalue weighted by Gasteiger charge is 2.17. The molecule has 0 fully saturated rings. The maximum absolute atomic E-state index is 6.24. The summed E-state index contributed by atoms with van der Waals surface area (Å²) in [6.45, 7) is 9.82. The highest BCUT2D eigenvalue weighted by atomic mass is 35.5. The first-order chi connectivity index (χ1) is 8.41. The predicted octanol–water partition coefficient (Wildman–Crippen LogP) is 4.81. The van der Waals surface area contributed by atoms with Crippen LogP contribution in [0.2, 0.25) is 10.0 Å². The molecule has 0 aliphatic heterocycles. The van der Waals surface area contributed by atoms with E-state index in [-0.39, 0.29) is 0 Å². The van der Waals surface area contributed by atoms with Crippen LogP contribution in [0.4, 0.5) is 0 Å². The van der Waals surface area contributed by atoms with Crippen molar-refractivity contribution in [3.63, 3.8) is 0 Å². The van der Waals surface area contributed by atoms with Gasteiger partial charge in [0, 0.05) is 16.1 Å². The molecule has 1 unspecified atom stereocenters. The molecule has 1 rings (SSSR count). The van der Waals surface area contributed by atoms with E-state index in [1.165, 1.54) is 0 Å². The standard InChI is InChI=1S/C15H23Cl2N/c1-10(2)12(9-18-11(3)4)8-13-14(16)6-5-7-15(13)17/h5-7,10-12,18H,8-9H2,1-4H3. The summed E-state index contributed by atoms with van der Waals surface area (Å²) < 4.78 is 0. The van der Waals surface area contributed by atoms with Crippen LogP contribution in [-0.4, -0.2) is 12.6 Å². The summed E-state index contributed by atoms with van der Waals surface area (Å²) in [4.78, 5) is 0. The third-order valence-electron chi connectivity index (χ3n) is 3.26. The van der Waals surface area contributed by atoms with Gasteiger partial charge in [0.25, 0.3) is 0 Å². The lowest BCUT2D eigenvalue weighted by molar-refractivity contribution is 0.349. The molecule has 3 heteroatoms. The highest BCUT2D eigenvalue weighted by Crippen LogP contribution is 2.28. The van der Waals surface area contributed by atoms with E-state index in [0.29, 0.717) is 17.9 Å². The van der Waals surface area contributed by atoms with Gasteiger partial charge in [-0.05, 0) is 42.5 Å². The summed E-state index contributed by atoms with van der Waals surface area (Å²) in [5.74, 6) is 1.15. The van der Waals surface area contributed by atoms with Gasteiger partial charge in [0.05, 0.1) is 0 Å². The second-order valence-electron chi connectivity index (χ2n) is 5.47. The fraction of sp³-hybridized carbons (Fsp3) is 0.600. The van der Waals surface area contributed by atoms with Crippen LogP contribution in [0.25, 0.3) is 0 Å². The summed E-state index contributed by atoms with van der Waals surface area (Å²) >= 11 is 12.5. The molecule has 1 N–H and O–H groups in total. The van der Waals surface area contributed by atoms with Crippen LogP contribution >= 0.6 is 23.2 Å². The smallest absolute Gasteiger partial charge is 0.0452 e. The van der Waals surface area contributed by atoms with Crippen molar-refractivity contribution < 1.29 is 0 Å². The first-order valence-electron chi connectivity index (χ1n) is 6.58. The van der Waals surface area contributed by atoms with E-state index in [4.69, 9.17) is 23.2 Å². The predicted molar refractivity (Wildman–Crippen MR) is 81.6 cm³/mol. The molecule has 0 bridgehead atoms. The average Bonchev–Trinajstić information content (AvgIpc) is 2.26. The molecule has 0 aliphatic rings. The van der Waals surface area contributed by atoms with Gasteiger partial charge in [-0.3, -0.25) is 0 Å². The fourth-order valence-electron chi connectivity index (χ4n) is 1.92. The van der Waals surface area contributed by atoms with Crippen molar-refractivity contribution in [2.75, 3.05) is 6.54 Å². The zero-order valence-corrected chi connectivity index (χ0v) is 13.1. The van der Waals surface area contributed by atoms with Crippen molar-refractivity contribution in [2.45, 2.75) is 40.2 Å².